The number of hydrazine groups is 1. The SMILES string of the molecule is CC(=O)NC[C@H]1CN(c2ccc(N3CCN(C(=O)CCC(=O)c4ccc(NN[C@H](C)C(=O)C(=O)OCC5c6ccccc6-c6ccccc65)cc4)CC3)c(F)c2)C(=O)O1. The number of hydrogen-bond acceptors (Lipinski definition) is 11. The van der Waals surface area contributed by atoms with E-state index in [0.717, 1.165) is 22.3 Å². The summed E-state index contributed by atoms with van der Waals surface area (Å²) in [4.78, 5) is 79.9. The van der Waals surface area contributed by atoms with E-state index in [9.17, 15) is 28.8 Å². The fraction of sp³-hybridized carbons (Fsp3) is 0.318. The predicted molar refractivity (Wildman–Crippen MR) is 217 cm³/mol. The molecule has 1 aliphatic carbocycles. The van der Waals surface area contributed by atoms with Gasteiger partial charge >= 0.3 is 12.1 Å². The molecule has 2 saturated heterocycles. The lowest BCUT2D eigenvalue weighted by Crippen LogP contribution is -2.49. The van der Waals surface area contributed by atoms with E-state index in [1.165, 1.54) is 17.9 Å². The average molecular weight is 805 g/mol. The van der Waals surface area contributed by atoms with Crippen molar-refractivity contribution >= 4 is 52.5 Å². The molecule has 0 unspecified atom stereocenters. The summed E-state index contributed by atoms with van der Waals surface area (Å²) >= 11 is 0. The number of hydrogen-bond donors (Lipinski definition) is 3. The Balaban J connectivity index is 0.817. The third kappa shape index (κ3) is 9.25. The Morgan fingerprint density at radius 3 is 2.17 bits per heavy atom. The van der Waals surface area contributed by atoms with E-state index in [1.807, 2.05) is 53.4 Å². The molecule has 0 saturated carbocycles. The highest BCUT2D eigenvalue weighted by Gasteiger charge is 2.34. The van der Waals surface area contributed by atoms with E-state index >= 15 is 4.39 Å². The van der Waals surface area contributed by atoms with Crippen LogP contribution in [0.5, 0.6) is 0 Å². The van der Waals surface area contributed by atoms with Crippen molar-refractivity contribution in [3.8, 4) is 11.1 Å². The number of nitrogens with zero attached hydrogens (tertiary/aromatic N) is 3. The van der Waals surface area contributed by atoms with E-state index in [-0.39, 0.29) is 56.1 Å². The summed E-state index contributed by atoms with van der Waals surface area (Å²) in [5.74, 6) is -2.97. The zero-order valence-corrected chi connectivity index (χ0v) is 32.7. The third-order valence-electron chi connectivity index (χ3n) is 10.8. The number of carbonyl (C=O) groups excluding carboxylic acids is 6. The van der Waals surface area contributed by atoms with Gasteiger partial charge in [0.15, 0.2) is 5.78 Å². The number of nitrogens with one attached hydrogen (secondary N) is 3. The maximum Gasteiger partial charge on any atom is 0.414 e. The van der Waals surface area contributed by atoms with Gasteiger partial charge in [-0.2, -0.15) is 0 Å². The third-order valence-corrected chi connectivity index (χ3v) is 10.8. The Morgan fingerprint density at radius 1 is 0.864 bits per heavy atom. The second-order valence-corrected chi connectivity index (χ2v) is 14.7. The first-order valence-corrected chi connectivity index (χ1v) is 19.6. The van der Waals surface area contributed by atoms with Crippen molar-refractivity contribution in [3.05, 3.63) is 114 Å². The molecular formula is C44H45FN6O8. The monoisotopic (exact) mass is 804 g/mol. The van der Waals surface area contributed by atoms with E-state index in [0.29, 0.717) is 48.8 Å². The summed E-state index contributed by atoms with van der Waals surface area (Å²) in [6.07, 6.45) is -1.12. The quantitative estimate of drug-likeness (QED) is 0.0653. The largest absolute Gasteiger partial charge is 0.459 e. The van der Waals surface area contributed by atoms with Crippen molar-refractivity contribution in [1.82, 2.24) is 15.6 Å². The van der Waals surface area contributed by atoms with Crippen LogP contribution in [0.15, 0.2) is 91.0 Å². The number of benzene rings is 4. The van der Waals surface area contributed by atoms with Gasteiger partial charge in [0.1, 0.15) is 18.5 Å². The van der Waals surface area contributed by atoms with Crippen molar-refractivity contribution in [2.24, 2.45) is 0 Å². The van der Waals surface area contributed by atoms with Crippen LogP contribution in [0.2, 0.25) is 0 Å². The lowest BCUT2D eigenvalue weighted by molar-refractivity contribution is -0.154. The highest BCUT2D eigenvalue weighted by atomic mass is 19.1. The number of Topliss-reactive ketones (excluding diaryl/α,β-unsaturated/α-hetero) is 2. The van der Waals surface area contributed by atoms with Crippen LogP contribution in [0, 0.1) is 5.82 Å². The van der Waals surface area contributed by atoms with Gasteiger partial charge in [-0.3, -0.25) is 24.1 Å². The van der Waals surface area contributed by atoms with Crippen LogP contribution >= 0.6 is 0 Å². The number of fused-ring (bicyclic) bond motifs is 3. The van der Waals surface area contributed by atoms with E-state index < -0.39 is 35.8 Å². The first kappa shape index (κ1) is 40.6. The number of esters is 1. The molecular weight excluding hydrogens is 760 g/mol. The molecule has 7 rings (SSSR count). The molecule has 3 N–H and O–H groups in total. The highest BCUT2D eigenvalue weighted by Crippen LogP contribution is 2.44. The van der Waals surface area contributed by atoms with Gasteiger partial charge in [-0.25, -0.2) is 19.4 Å². The van der Waals surface area contributed by atoms with Crippen molar-refractivity contribution in [1.29, 1.82) is 0 Å². The Hall–Kier alpha value is -6.61. The zero-order chi connectivity index (χ0) is 41.6. The molecule has 0 spiro atoms. The maximum absolute atomic E-state index is 15.3. The predicted octanol–water partition coefficient (Wildman–Crippen LogP) is 4.83. The number of ether oxygens (including phenoxy) is 2. The number of cyclic esters (lactones) is 1. The minimum atomic E-state index is -0.935. The molecule has 2 aliphatic heterocycles. The molecule has 4 aromatic carbocycles. The van der Waals surface area contributed by atoms with E-state index in [2.05, 4.69) is 16.2 Å². The molecule has 15 heteroatoms. The van der Waals surface area contributed by atoms with Gasteiger partial charge in [0.05, 0.1) is 30.5 Å². The second kappa shape index (κ2) is 17.9. The van der Waals surface area contributed by atoms with Crippen LogP contribution in [0.1, 0.15) is 54.1 Å². The molecule has 2 atom stereocenters. The number of piperazine rings is 1. The maximum atomic E-state index is 15.3. The van der Waals surface area contributed by atoms with Gasteiger partial charge in [0.2, 0.25) is 11.8 Å². The Bertz CT molecular complexity index is 2210. The van der Waals surface area contributed by atoms with Crippen molar-refractivity contribution in [2.75, 3.05) is 61.1 Å². The molecule has 0 radical (unpaired) electrons. The standard InChI is InChI=1S/C44H45FN6O8/c1-27(42(55)43(56)58-26-37-35-9-5-3-7-33(35)34-8-4-6-10-36(34)37)47-48-30-13-11-29(12-14-30)40(53)17-18-41(54)50-21-19-49(20-22-50)39-16-15-31(23-38(39)45)51-25-32(59-44(51)57)24-46-28(2)52/h3-16,23,27,32,37,47-48H,17-22,24-26H2,1-2H3,(H,46,52)/t27-,32+/m1/s1. The summed E-state index contributed by atoms with van der Waals surface area (Å²) < 4.78 is 26.0. The highest BCUT2D eigenvalue weighted by molar-refractivity contribution is 6.35. The fourth-order valence-corrected chi connectivity index (χ4v) is 7.58. The van der Waals surface area contributed by atoms with Crippen LogP contribution in [-0.2, 0) is 28.7 Å². The molecule has 3 aliphatic rings. The summed E-state index contributed by atoms with van der Waals surface area (Å²) in [6.45, 7) is 4.79. The summed E-state index contributed by atoms with van der Waals surface area (Å²) in [5.41, 5.74) is 11.7. The minimum absolute atomic E-state index is 0.0104. The average Bonchev–Trinajstić information content (AvgIpc) is 3.79. The van der Waals surface area contributed by atoms with Gasteiger partial charge in [-0.15, -0.1) is 0 Å². The molecule has 306 valence electrons. The number of amides is 3. The van der Waals surface area contributed by atoms with E-state index in [4.69, 9.17) is 9.47 Å². The Morgan fingerprint density at radius 2 is 1.53 bits per heavy atom. The molecule has 14 nitrogen and oxygen atoms in total. The van der Waals surface area contributed by atoms with Crippen molar-refractivity contribution < 1.29 is 42.6 Å². The number of ketones is 2. The summed E-state index contributed by atoms with van der Waals surface area (Å²) in [5, 5.41) is 2.61. The molecule has 4 aromatic rings. The van der Waals surface area contributed by atoms with Gasteiger partial charge in [0, 0.05) is 63.1 Å². The molecule has 2 fully saturated rings. The van der Waals surface area contributed by atoms with Crippen LogP contribution in [0.3, 0.4) is 0 Å². The summed E-state index contributed by atoms with van der Waals surface area (Å²) in [7, 11) is 0. The number of rotatable bonds is 15. The fourth-order valence-electron chi connectivity index (χ4n) is 7.58. The number of anilines is 3. The van der Waals surface area contributed by atoms with Crippen LogP contribution in [0.25, 0.3) is 11.1 Å². The van der Waals surface area contributed by atoms with Crippen molar-refractivity contribution in [3.63, 3.8) is 0 Å². The van der Waals surface area contributed by atoms with Crippen molar-refractivity contribution in [2.45, 2.75) is 44.8 Å². The smallest absolute Gasteiger partial charge is 0.414 e. The molecule has 59 heavy (non-hydrogen) atoms. The Kier molecular flexibility index (Phi) is 12.3. The van der Waals surface area contributed by atoms with Gasteiger partial charge in [-0.05, 0) is 71.6 Å². The van der Waals surface area contributed by atoms with Gasteiger partial charge in [0.25, 0.3) is 5.78 Å². The first-order chi connectivity index (χ1) is 28.5. The summed E-state index contributed by atoms with van der Waals surface area (Å²) in [6, 6.07) is 26.0. The topological polar surface area (TPSA) is 167 Å². The van der Waals surface area contributed by atoms with Crippen LogP contribution in [0.4, 0.5) is 26.2 Å². The lowest BCUT2D eigenvalue weighted by atomic mass is 9.98. The normalized spacial score (nSPS) is 16.5. The van der Waals surface area contributed by atoms with Gasteiger partial charge < -0.3 is 30.0 Å². The molecule has 0 aromatic heterocycles. The number of halogens is 1. The lowest BCUT2D eigenvalue weighted by Gasteiger charge is -2.36. The second-order valence-electron chi connectivity index (χ2n) is 14.7. The van der Waals surface area contributed by atoms with E-state index in [1.54, 1.807) is 48.2 Å². The molecule has 0 bridgehead atoms. The van der Waals surface area contributed by atoms with Crippen LogP contribution in [-0.4, -0.2) is 98.4 Å². The van der Waals surface area contributed by atoms with Gasteiger partial charge in [-0.1, -0.05) is 48.5 Å². The number of carbonyl (C=O) groups is 6. The molecule has 2 heterocycles. The Labute approximate surface area is 340 Å². The molecule has 3 amide bonds. The first-order valence-electron chi connectivity index (χ1n) is 19.6. The van der Waals surface area contributed by atoms with Crippen LogP contribution < -0.4 is 26.0 Å². The zero-order valence-electron chi connectivity index (χ0n) is 32.7. The minimum Gasteiger partial charge on any atom is -0.459 e.